The van der Waals surface area contributed by atoms with Crippen molar-refractivity contribution in [3.63, 3.8) is 0 Å². The fourth-order valence-corrected chi connectivity index (χ4v) is 1.00. The first-order valence-corrected chi connectivity index (χ1v) is 3.23. The summed E-state index contributed by atoms with van der Waals surface area (Å²) >= 11 is 0. The highest BCUT2D eigenvalue weighted by molar-refractivity contribution is 5.64. The lowest BCUT2D eigenvalue weighted by Crippen LogP contribution is -2.15. The Morgan fingerprint density at radius 1 is 1.64 bits per heavy atom. The highest BCUT2D eigenvalue weighted by atomic mass is 16.1. The minimum absolute atomic E-state index is 0.153. The summed E-state index contributed by atoms with van der Waals surface area (Å²) in [4.78, 5) is 23.2. The molecule has 2 rings (SSSR count). The molecule has 11 heavy (non-hydrogen) atoms. The molecule has 0 spiro atoms. The monoisotopic (exact) mass is 151 g/mol. The van der Waals surface area contributed by atoms with Crippen molar-refractivity contribution < 1.29 is 4.98 Å². The third kappa shape index (κ3) is 0.813. The van der Waals surface area contributed by atoms with Crippen molar-refractivity contribution in [1.29, 1.82) is 0 Å². The van der Waals surface area contributed by atoms with E-state index in [0.717, 1.165) is 5.82 Å². The number of H-pyrrole nitrogens is 3. The molecule has 2 heterocycles. The molecular weight excluding hydrogens is 144 g/mol. The van der Waals surface area contributed by atoms with Crippen molar-refractivity contribution in [2.45, 2.75) is 6.92 Å². The second kappa shape index (κ2) is 1.91. The summed E-state index contributed by atoms with van der Waals surface area (Å²) < 4.78 is 0. The first-order chi connectivity index (χ1) is 5.27. The summed E-state index contributed by atoms with van der Waals surface area (Å²) in [5.74, 6) is 0.730. The number of hydrogen-bond donors (Lipinski definition) is 2. The van der Waals surface area contributed by atoms with Crippen molar-refractivity contribution >= 4 is 11.2 Å². The van der Waals surface area contributed by atoms with Gasteiger partial charge in [0.25, 0.3) is 5.65 Å². The number of aromatic nitrogens is 4. The zero-order valence-corrected chi connectivity index (χ0v) is 5.93. The lowest BCUT2D eigenvalue weighted by Gasteiger charge is -1.76. The largest absolute Gasteiger partial charge is 0.334 e. The van der Waals surface area contributed by atoms with E-state index >= 15 is 0 Å². The third-order valence-corrected chi connectivity index (χ3v) is 1.46. The van der Waals surface area contributed by atoms with Gasteiger partial charge in [-0.1, -0.05) is 4.98 Å². The summed E-state index contributed by atoms with van der Waals surface area (Å²) in [5, 5.41) is 0. The van der Waals surface area contributed by atoms with E-state index in [1.807, 2.05) is 0 Å². The molecule has 0 amide bonds. The molecule has 0 aliphatic carbocycles. The summed E-state index contributed by atoms with van der Waals surface area (Å²) in [7, 11) is 0. The van der Waals surface area contributed by atoms with Crippen molar-refractivity contribution in [3.05, 3.63) is 22.5 Å². The van der Waals surface area contributed by atoms with Crippen LogP contribution in [0.15, 0.2) is 11.1 Å². The normalized spacial score (nSPS) is 10.6. The van der Waals surface area contributed by atoms with Crippen LogP contribution >= 0.6 is 0 Å². The smallest absolute Gasteiger partial charge is 0.319 e. The first-order valence-electron chi connectivity index (χ1n) is 3.23. The molecule has 0 saturated heterocycles. The van der Waals surface area contributed by atoms with E-state index in [2.05, 4.69) is 19.9 Å². The van der Waals surface area contributed by atoms with Gasteiger partial charge in [-0.15, -0.1) is 0 Å². The van der Waals surface area contributed by atoms with Gasteiger partial charge in [-0.05, 0) is 0 Å². The number of imidazole rings is 1. The molecule has 0 aliphatic heterocycles. The number of hydrogen-bond acceptors (Lipinski definition) is 2. The van der Waals surface area contributed by atoms with Gasteiger partial charge in [0.2, 0.25) is 0 Å². The Labute approximate surface area is 61.5 Å². The number of nitrogens with zero attached hydrogens (tertiary/aromatic N) is 1. The van der Waals surface area contributed by atoms with E-state index in [1.54, 1.807) is 6.92 Å². The van der Waals surface area contributed by atoms with Gasteiger partial charge in [0.1, 0.15) is 0 Å². The molecule has 3 N–H and O–H groups in total. The van der Waals surface area contributed by atoms with Crippen molar-refractivity contribution in [3.8, 4) is 0 Å². The van der Waals surface area contributed by atoms with Gasteiger partial charge in [0.15, 0.2) is 17.7 Å². The highest BCUT2D eigenvalue weighted by Gasteiger charge is 2.08. The van der Waals surface area contributed by atoms with E-state index in [-0.39, 0.29) is 5.56 Å². The zero-order valence-electron chi connectivity index (χ0n) is 5.93. The standard InChI is InChI=1S/C6H6N4O/c1-3-9-4-5(10-3)7-2-8-6(4)11/h2H,1H3,(H2,7,8,9,10,11)/p+1. The van der Waals surface area contributed by atoms with Crippen LogP contribution in [0.3, 0.4) is 0 Å². The van der Waals surface area contributed by atoms with Crippen molar-refractivity contribution in [1.82, 2.24) is 15.0 Å². The molecule has 5 nitrogen and oxygen atoms in total. The Morgan fingerprint density at radius 2 is 2.45 bits per heavy atom. The molecule has 0 bridgehead atoms. The Hall–Kier alpha value is -1.65. The van der Waals surface area contributed by atoms with Gasteiger partial charge in [0.05, 0.1) is 0 Å². The Bertz CT molecular complexity index is 441. The molecule has 0 saturated carbocycles. The zero-order chi connectivity index (χ0) is 7.84. The fourth-order valence-electron chi connectivity index (χ4n) is 1.00. The molecule has 2 aromatic heterocycles. The van der Waals surface area contributed by atoms with E-state index in [1.165, 1.54) is 6.33 Å². The number of rotatable bonds is 0. The van der Waals surface area contributed by atoms with Crippen LogP contribution in [0.2, 0.25) is 0 Å². The molecule has 56 valence electrons. The number of aryl methyl sites for hydroxylation is 1. The Balaban J connectivity index is 3.02. The van der Waals surface area contributed by atoms with Crippen LogP contribution in [0.25, 0.3) is 11.2 Å². The summed E-state index contributed by atoms with van der Waals surface area (Å²) in [6.45, 7) is 1.80. The second-order valence-corrected chi connectivity index (χ2v) is 2.31. The van der Waals surface area contributed by atoms with Gasteiger partial charge in [0, 0.05) is 6.92 Å². The Morgan fingerprint density at radius 3 is 3.18 bits per heavy atom. The maximum atomic E-state index is 11.0. The predicted octanol–water partition coefficient (Wildman–Crippen LogP) is -0.626. The summed E-state index contributed by atoms with van der Waals surface area (Å²) in [6, 6.07) is 0. The summed E-state index contributed by atoms with van der Waals surface area (Å²) in [6.07, 6.45) is 1.46. The lowest BCUT2D eigenvalue weighted by atomic mass is 10.6. The predicted molar refractivity (Wildman–Crippen MR) is 38.0 cm³/mol. The van der Waals surface area contributed by atoms with Crippen LogP contribution in [0, 0.1) is 6.92 Å². The molecule has 0 aromatic carbocycles. The Kier molecular flexibility index (Phi) is 1.06. The van der Waals surface area contributed by atoms with Crippen LogP contribution in [0.4, 0.5) is 0 Å². The molecule has 0 fully saturated rings. The molecule has 0 radical (unpaired) electrons. The molecule has 0 atom stereocenters. The molecule has 0 unspecified atom stereocenters. The van der Waals surface area contributed by atoms with Gasteiger partial charge >= 0.3 is 5.56 Å². The number of fused-ring (bicyclic) bond motifs is 1. The van der Waals surface area contributed by atoms with Crippen LogP contribution in [-0.4, -0.2) is 15.0 Å². The minimum atomic E-state index is -0.153. The molecule has 2 aromatic rings. The summed E-state index contributed by atoms with van der Waals surface area (Å²) in [5.41, 5.74) is 0.926. The highest BCUT2D eigenvalue weighted by Crippen LogP contribution is 1.96. The maximum absolute atomic E-state index is 11.0. The third-order valence-electron chi connectivity index (χ3n) is 1.46. The van der Waals surface area contributed by atoms with Crippen LogP contribution < -0.4 is 10.5 Å². The van der Waals surface area contributed by atoms with E-state index < -0.39 is 0 Å². The van der Waals surface area contributed by atoms with Crippen molar-refractivity contribution in [2.75, 3.05) is 0 Å². The fraction of sp³-hybridized carbons (Fsp3) is 0.167. The molecule has 0 aliphatic rings. The van der Waals surface area contributed by atoms with Crippen molar-refractivity contribution in [2.24, 2.45) is 0 Å². The number of nitrogens with one attached hydrogen (secondary N) is 3. The minimum Gasteiger partial charge on any atom is -0.319 e. The first kappa shape index (κ1) is 6.09. The van der Waals surface area contributed by atoms with Gasteiger partial charge in [-0.3, -0.25) is 0 Å². The van der Waals surface area contributed by atoms with E-state index in [0.29, 0.717) is 11.2 Å². The van der Waals surface area contributed by atoms with Gasteiger partial charge in [-0.25, -0.2) is 14.8 Å². The van der Waals surface area contributed by atoms with Crippen LogP contribution in [0.1, 0.15) is 5.82 Å². The average molecular weight is 151 g/mol. The van der Waals surface area contributed by atoms with Gasteiger partial charge in [-0.2, -0.15) is 0 Å². The SMILES string of the molecule is Cc1nc2[nH+]c[nH]c(=O)c2[nH]1. The molecular formula is C6H7N4O+. The van der Waals surface area contributed by atoms with Crippen LogP contribution in [0.5, 0.6) is 0 Å². The number of aromatic amines is 3. The molecule has 5 heteroatoms. The van der Waals surface area contributed by atoms with E-state index in [4.69, 9.17) is 0 Å². The lowest BCUT2D eigenvalue weighted by molar-refractivity contribution is -0.352. The van der Waals surface area contributed by atoms with Crippen LogP contribution in [-0.2, 0) is 0 Å². The average Bonchev–Trinajstić information content (AvgIpc) is 2.31. The van der Waals surface area contributed by atoms with E-state index in [9.17, 15) is 4.79 Å². The van der Waals surface area contributed by atoms with Gasteiger partial charge < -0.3 is 4.98 Å². The maximum Gasteiger partial charge on any atom is 0.334 e. The topological polar surface area (TPSA) is 75.7 Å². The second-order valence-electron chi connectivity index (χ2n) is 2.31. The quantitative estimate of drug-likeness (QED) is 0.526.